The minimum Gasteiger partial charge on any atom is -0.487 e. The van der Waals surface area contributed by atoms with E-state index in [0.717, 1.165) is 0 Å². The van der Waals surface area contributed by atoms with Gasteiger partial charge in [0.1, 0.15) is 24.2 Å². The van der Waals surface area contributed by atoms with Crippen LogP contribution in [0.4, 0.5) is 4.39 Å². The van der Waals surface area contributed by atoms with Crippen molar-refractivity contribution in [2.75, 3.05) is 0 Å². The van der Waals surface area contributed by atoms with Crippen molar-refractivity contribution in [3.8, 4) is 11.8 Å². The third kappa shape index (κ3) is 3.72. The normalized spacial score (nSPS) is 11.8. The highest BCUT2D eigenvalue weighted by Crippen LogP contribution is 2.28. The van der Waals surface area contributed by atoms with Crippen LogP contribution in [0, 0.1) is 17.1 Å². The first-order valence-electron chi connectivity index (χ1n) is 6.30. The van der Waals surface area contributed by atoms with Gasteiger partial charge in [-0.25, -0.2) is 4.39 Å². The average molecular weight is 306 g/mol. The Morgan fingerprint density at radius 1 is 1.33 bits per heavy atom. The molecule has 1 unspecified atom stereocenters. The molecule has 1 N–H and O–H groups in total. The second-order valence-corrected chi connectivity index (χ2v) is 4.99. The van der Waals surface area contributed by atoms with E-state index in [1.54, 1.807) is 37.3 Å². The average Bonchev–Trinajstić information content (AvgIpc) is 2.47. The Labute approximate surface area is 127 Å². The Morgan fingerprint density at radius 3 is 2.71 bits per heavy atom. The highest BCUT2D eigenvalue weighted by atomic mass is 35.5. The summed E-state index contributed by atoms with van der Waals surface area (Å²) in [5, 5.41) is 18.6. The number of hydrogen-bond acceptors (Lipinski definition) is 3. The summed E-state index contributed by atoms with van der Waals surface area (Å²) in [5.41, 5.74) is 1.34. The Kier molecular flexibility index (Phi) is 4.79. The van der Waals surface area contributed by atoms with Gasteiger partial charge in [0.25, 0.3) is 0 Å². The molecule has 0 aliphatic carbocycles. The van der Waals surface area contributed by atoms with Gasteiger partial charge in [-0.15, -0.1) is 0 Å². The first-order chi connectivity index (χ1) is 10.0. The molecule has 0 aromatic heterocycles. The highest BCUT2D eigenvalue weighted by molar-refractivity contribution is 6.32. The summed E-state index contributed by atoms with van der Waals surface area (Å²) in [6.07, 6.45) is -0.605. The van der Waals surface area contributed by atoms with E-state index >= 15 is 0 Å². The van der Waals surface area contributed by atoms with Gasteiger partial charge < -0.3 is 9.84 Å². The molecular formula is C16H13ClFNO2. The molecule has 5 heteroatoms. The molecule has 0 heterocycles. The number of nitrogens with zero attached hydrogens (tertiary/aromatic N) is 1. The number of rotatable bonds is 4. The fraction of sp³-hybridized carbons (Fsp3) is 0.188. The zero-order valence-electron chi connectivity index (χ0n) is 11.3. The van der Waals surface area contributed by atoms with Crippen LogP contribution in [-0.4, -0.2) is 5.11 Å². The first kappa shape index (κ1) is 15.3. The molecule has 0 fully saturated rings. The topological polar surface area (TPSA) is 53.2 Å². The fourth-order valence-electron chi connectivity index (χ4n) is 1.80. The lowest BCUT2D eigenvalue weighted by molar-refractivity contribution is 0.199. The summed E-state index contributed by atoms with van der Waals surface area (Å²) < 4.78 is 18.8. The predicted molar refractivity (Wildman–Crippen MR) is 77.5 cm³/mol. The highest BCUT2D eigenvalue weighted by Gasteiger charge is 2.08. The lowest BCUT2D eigenvalue weighted by Gasteiger charge is -2.11. The van der Waals surface area contributed by atoms with E-state index in [4.69, 9.17) is 21.6 Å². The predicted octanol–water partition coefficient (Wildman–Crippen LogP) is 3.98. The van der Waals surface area contributed by atoms with Gasteiger partial charge in [0, 0.05) is 0 Å². The van der Waals surface area contributed by atoms with E-state index in [2.05, 4.69) is 0 Å². The number of halogens is 2. The Balaban J connectivity index is 2.12. The molecule has 0 radical (unpaired) electrons. The standard InChI is InChI=1S/C16H13ClFNO2/c1-10(20)12-3-5-16(14(17)7-12)21-9-11-2-4-15(18)13(6-11)8-19/h2-7,10,20H,9H2,1H3. The van der Waals surface area contributed by atoms with Gasteiger partial charge in [-0.1, -0.05) is 23.7 Å². The summed E-state index contributed by atoms with van der Waals surface area (Å²) in [4.78, 5) is 0. The lowest BCUT2D eigenvalue weighted by atomic mass is 10.1. The molecule has 0 spiro atoms. The number of aliphatic hydroxyl groups excluding tert-OH is 1. The van der Waals surface area contributed by atoms with Gasteiger partial charge in [-0.2, -0.15) is 5.26 Å². The maximum Gasteiger partial charge on any atom is 0.140 e. The van der Waals surface area contributed by atoms with E-state index in [9.17, 15) is 9.50 Å². The number of hydrogen-bond donors (Lipinski definition) is 1. The second kappa shape index (κ2) is 6.57. The zero-order chi connectivity index (χ0) is 15.4. The monoisotopic (exact) mass is 305 g/mol. The number of benzene rings is 2. The van der Waals surface area contributed by atoms with Crippen molar-refractivity contribution in [2.45, 2.75) is 19.6 Å². The third-order valence-corrected chi connectivity index (χ3v) is 3.28. The molecule has 0 bridgehead atoms. The number of ether oxygens (including phenoxy) is 1. The van der Waals surface area contributed by atoms with Crippen molar-refractivity contribution in [1.29, 1.82) is 5.26 Å². The lowest BCUT2D eigenvalue weighted by Crippen LogP contribution is -1.98. The molecule has 0 aliphatic rings. The molecule has 2 rings (SSSR count). The van der Waals surface area contributed by atoms with Crippen molar-refractivity contribution in [3.63, 3.8) is 0 Å². The summed E-state index contributed by atoms with van der Waals surface area (Å²) in [7, 11) is 0. The number of nitriles is 1. The van der Waals surface area contributed by atoms with Gasteiger partial charge in [0.15, 0.2) is 0 Å². The molecule has 0 saturated heterocycles. The van der Waals surface area contributed by atoms with Crippen LogP contribution in [0.25, 0.3) is 0 Å². The summed E-state index contributed by atoms with van der Waals surface area (Å²) in [6.45, 7) is 1.82. The summed E-state index contributed by atoms with van der Waals surface area (Å²) in [5.74, 6) is -0.0931. The molecule has 0 aliphatic heterocycles. The molecule has 1 atom stereocenters. The molecular weight excluding hydrogens is 293 g/mol. The van der Waals surface area contributed by atoms with Gasteiger partial charge in [0.2, 0.25) is 0 Å². The van der Waals surface area contributed by atoms with Crippen LogP contribution in [0.2, 0.25) is 5.02 Å². The van der Waals surface area contributed by atoms with Crippen molar-refractivity contribution in [3.05, 3.63) is 63.9 Å². The van der Waals surface area contributed by atoms with Gasteiger partial charge in [-0.3, -0.25) is 0 Å². The third-order valence-electron chi connectivity index (χ3n) is 2.98. The maximum absolute atomic E-state index is 13.2. The van der Waals surface area contributed by atoms with E-state index in [0.29, 0.717) is 21.9 Å². The Morgan fingerprint density at radius 2 is 2.10 bits per heavy atom. The minimum atomic E-state index is -0.605. The van der Waals surface area contributed by atoms with Gasteiger partial charge in [0.05, 0.1) is 16.7 Å². The molecule has 108 valence electrons. The van der Waals surface area contributed by atoms with Crippen LogP contribution in [0.5, 0.6) is 5.75 Å². The van der Waals surface area contributed by atoms with E-state index in [1.807, 2.05) is 0 Å². The Bertz CT molecular complexity index is 695. The molecule has 0 saturated carbocycles. The van der Waals surface area contributed by atoms with Gasteiger partial charge in [-0.05, 0) is 42.3 Å². The van der Waals surface area contributed by atoms with Gasteiger partial charge >= 0.3 is 0 Å². The zero-order valence-corrected chi connectivity index (χ0v) is 12.1. The molecule has 2 aromatic carbocycles. The molecule has 2 aromatic rings. The largest absolute Gasteiger partial charge is 0.487 e. The summed E-state index contributed by atoms with van der Waals surface area (Å²) >= 11 is 6.08. The van der Waals surface area contributed by atoms with Crippen LogP contribution < -0.4 is 4.74 Å². The van der Waals surface area contributed by atoms with Crippen LogP contribution in [0.15, 0.2) is 36.4 Å². The molecule has 0 amide bonds. The van der Waals surface area contributed by atoms with E-state index < -0.39 is 11.9 Å². The van der Waals surface area contributed by atoms with E-state index in [-0.39, 0.29) is 12.2 Å². The van der Waals surface area contributed by atoms with Crippen LogP contribution in [0.1, 0.15) is 29.7 Å². The SMILES string of the molecule is CC(O)c1ccc(OCc2ccc(F)c(C#N)c2)c(Cl)c1. The van der Waals surface area contributed by atoms with Crippen molar-refractivity contribution < 1.29 is 14.2 Å². The van der Waals surface area contributed by atoms with E-state index in [1.165, 1.54) is 12.1 Å². The van der Waals surface area contributed by atoms with Crippen molar-refractivity contribution in [1.82, 2.24) is 0 Å². The first-order valence-corrected chi connectivity index (χ1v) is 6.68. The van der Waals surface area contributed by atoms with Crippen LogP contribution in [0.3, 0.4) is 0 Å². The van der Waals surface area contributed by atoms with Crippen LogP contribution >= 0.6 is 11.6 Å². The quantitative estimate of drug-likeness (QED) is 0.929. The van der Waals surface area contributed by atoms with Crippen molar-refractivity contribution in [2.24, 2.45) is 0 Å². The van der Waals surface area contributed by atoms with Crippen molar-refractivity contribution >= 4 is 11.6 Å². The minimum absolute atomic E-state index is 0.0216. The molecule has 21 heavy (non-hydrogen) atoms. The summed E-state index contributed by atoms with van der Waals surface area (Å²) in [6, 6.07) is 11.0. The van der Waals surface area contributed by atoms with Crippen LogP contribution in [-0.2, 0) is 6.61 Å². The maximum atomic E-state index is 13.2. The number of aliphatic hydroxyl groups is 1. The fourth-order valence-corrected chi connectivity index (χ4v) is 2.05. The smallest absolute Gasteiger partial charge is 0.140 e. The molecule has 3 nitrogen and oxygen atoms in total. The second-order valence-electron chi connectivity index (χ2n) is 4.58. The Hall–Kier alpha value is -2.09.